The molecule has 122 valence electrons. The first kappa shape index (κ1) is 14.4. The van der Waals surface area contributed by atoms with E-state index in [9.17, 15) is 4.79 Å². The number of rotatable bonds is 3. The molecule has 2 aliphatic heterocycles. The van der Waals surface area contributed by atoms with Gasteiger partial charge in [-0.05, 0) is 37.8 Å². The zero-order valence-electron chi connectivity index (χ0n) is 13.0. The summed E-state index contributed by atoms with van der Waals surface area (Å²) in [6, 6.07) is 4.33. The van der Waals surface area contributed by atoms with Gasteiger partial charge in [0, 0.05) is 31.9 Å². The maximum atomic E-state index is 12.4. The first-order chi connectivity index (χ1) is 11.3. The monoisotopic (exact) mass is 315 g/mol. The van der Waals surface area contributed by atoms with E-state index in [-0.39, 0.29) is 12.0 Å². The third-order valence-corrected chi connectivity index (χ3v) is 4.68. The van der Waals surface area contributed by atoms with Crippen LogP contribution < -0.4 is 5.32 Å². The van der Waals surface area contributed by atoms with Crippen LogP contribution in [-0.4, -0.2) is 57.2 Å². The normalized spacial score (nSPS) is 22.6. The predicted octanol–water partition coefficient (Wildman–Crippen LogP) is 1.31. The summed E-state index contributed by atoms with van der Waals surface area (Å²) in [6.45, 7) is 2.29. The number of nitrogens with zero attached hydrogens (tertiary/aromatic N) is 4. The lowest BCUT2D eigenvalue weighted by molar-refractivity contribution is -0.141. The van der Waals surface area contributed by atoms with E-state index < -0.39 is 0 Å². The zero-order chi connectivity index (χ0) is 15.6. The van der Waals surface area contributed by atoms with Crippen LogP contribution in [0.15, 0.2) is 24.7 Å². The van der Waals surface area contributed by atoms with E-state index in [0.717, 1.165) is 56.7 Å². The zero-order valence-corrected chi connectivity index (χ0v) is 13.0. The second-order valence-corrected chi connectivity index (χ2v) is 6.20. The van der Waals surface area contributed by atoms with Crippen LogP contribution in [0.1, 0.15) is 25.7 Å². The summed E-state index contributed by atoms with van der Waals surface area (Å²) in [7, 11) is 0. The van der Waals surface area contributed by atoms with E-state index in [0.29, 0.717) is 6.04 Å². The summed E-state index contributed by atoms with van der Waals surface area (Å²) in [5.41, 5.74) is 1.83. The Balaban J connectivity index is 1.36. The lowest BCUT2D eigenvalue weighted by atomic mass is 10.0. The Morgan fingerprint density at radius 1 is 1.30 bits per heavy atom. The number of amides is 1. The van der Waals surface area contributed by atoms with E-state index in [1.165, 1.54) is 0 Å². The molecule has 0 radical (unpaired) electrons. The molecule has 2 aliphatic rings. The topological polar surface area (TPSA) is 71.8 Å². The van der Waals surface area contributed by atoms with Crippen molar-refractivity contribution in [3.63, 3.8) is 0 Å². The minimum Gasteiger partial charge on any atom is -0.379 e. The van der Waals surface area contributed by atoms with E-state index >= 15 is 0 Å². The van der Waals surface area contributed by atoms with Gasteiger partial charge in [0.1, 0.15) is 12.4 Å². The number of carbonyl (C=O) groups is 1. The molecule has 4 heterocycles. The molecule has 2 fully saturated rings. The SMILES string of the molecule is O=C(C1CCCO1)N1CCC(Nc2cccn3ncnc23)CC1. The number of hydrogen-bond acceptors (Lipinski definition) is 5. The number of nitrogens with one attached hydrogen (secondary N) is 1. The van der Waals surface area contributed by atoms with Gasteiger partial charge in [0.25, 0.3) is 5.91 Å². The fourth-order valence-corrected chi connectivity index (χ4v) is 3.40. The van der Waals surface area contributed by atoms with Crippen molar-refractivity contribution < 1.29 is 9.53 Å². The Morgan fingerprint density at radius 2 is 2.17 bits per heavy atom. The van der Waals surface area contributed by atoms with E-state index in [1.54, 1.807) is 10.8 Å². The average molecular weight is 315 g/mol. The number of pyridine rings is 1. The van der Waals surface area contributed by atoms with Gasteiger partial charge in [-0.3, -0.25) is 4.79 Å². The number of piperidine rings is 1. The van der Waals surface area contributed by atoms with Crippen LogP contribution >= 0.6 is 0 Å². The van der Waals surface area contributed by atoms with Crippen molar-refractivity contribution in [3.8, 4) is 0 Å². The smallest absolute Gasteiger partial charge is 0.251 e. The van der Waals surface area contributed by atoms with Gasteiger partial charge in [-0.25, -0.2) is 9.50 Å². The largest absolute Gasteiger partial charge is 0.379 e. The summed E-state index contributed by atoms with van der Waals surface area (Å²) in [4.78, 5) is 18.6. The summed E-state index contributed by atoms with van der Waals surface area (Å²) in [5, 5.41) is 7.70. The van der Waals surface area contributed by atoms with Gasteiger partial charge in [-0.2, -0.15) is 5.10 Å². The molecule has 0 aromatic carbocycles. The van der Waals surface area contributed by atoms with Gasteiger partial charge < -0.3 is 15.0 Å². The maximum Gasteiger partial charge on any atom is 0.251 e. The van der Waals surface area contributed by atoms with Crippen molar-refractivity contribution in [1.29, 1.82) is 0 Å². The van der Waals surface area contributed by atoms with Gasteiger partial charge >= 0.3 is 0 Å². The molecule has 23 heavy (non-hydrogen) atoms. The van der Waals surface area contributed by atoms with Gasteiger partial charge in [0.05, 0.1) is 5.69 Å². The maximum absolute atomic E-state index is 12.4. The highest BCUT2D eigenvalue weighted by Crippen LogP contribution is 2.22. The standard InChI is InChI=1S/C16H21N5O2/c22-16(14-4-2-10-23-14)20-8-5-12(6-9-20)19-13-3-1-7-21-15(13)17-11-18-21/h1,3,7,11-12,14,19H,2,4-6,8-10H2. The van der Waals surface area contributed by atoms with E-state index in [1.807, 2.05) is 23.2 Å². The fraction of sp³-hybridized carbons (Fsp3) is 0.562. The molecule has 2 aromatic heterocycles. The number of hydrogen-bond donors (Lipinski definition) is 1. The van der Waals surface area contributed by atoms with Crippen molar-refractivity contribution >= 4 is 17.2 Å². The average Bonchev–Trinajstić information content (AvgIpc) is 3.27. The molecular formula is C16H21N5O2. The molecule has 7 nitrogen and oxygen atoms in total. The third-order valence-electron chi connectivity index (χ3n) is 4.68. The number of carbonyl (C=O) groups excluding carboxylic acids is 1. The number of aromatic nitrogens is 3. The Hall–Kier alpha value is -2.15. The number of fused-ring (bicyclic) bond motifs is 1. The van der Waals surface area contributed by atoms with Crippen LogP contribution in [-0.2, 0) is 9.53 Å². The summed E-state index contributed by atoms with van der Waals surface area (Å²) in [5.74, 6) is 0.167. The van der Waals surface area contributed by atoms with Crippen molar-refractivity contribution in [1.82, 2.24) is 19.5 Å². The van der Waals surface area contributed by atoms with Gasteiger partial charge in [-0.15, -0.1) is 0 Å². The van der Waals surface area contributed by atoms with E-state index in [2.05, 4.69) is 15.4 Å². The second kappa shape index (κ2) is 6.16. The quantitative estimate of drug-likeness (QED) is 0.924. The van der Waals surface area contributed by atoms with Crippen molar-refractivity contribution in [2.45, 2.75) is 37.8 Å². The molecule has 0 bridgehead atoms. The highest BCUT2D eigenvalue weighted by molar-refractivity contribution is 5.81. The molecule has 0 saturated carbocycles. The highest BCUT2D eigenvalue weighted by Gasteiger charge is 2.30. The molecular weight excluding hydrogens is 294 g/mol. The van der Waals surface area contributed by atoms with Crippen LogP contribution in [0.2, 0.25) is 0 Å². The Labute approximate surface area is 134 Å². The first-order valence-corrected chi connectivity index (χ1v) is 8.26. The molecule has 2 saturated heterocycles. The van der Waals surface area contributed by atoms with Gasteiger partial charge in [0.15, 0.2) is 5.65 Å². The second-order valence-electron chi connectivity index (χ2n) is 6.20. The van der Waals surface area contributed by atoms with Crippen molar-refractivity contribution in [2.75, 3.05) is 25.0 Å². The fourth-order valence-electron chi connectivity index (χ4n) is 3.40. The summed E-state index contributed by atoms with van der Waals surface area (Å²) in [6.07, 6.45) is 6.98. The minimum absolute atomic E-state index is 0.167. The Kier molecular flexibility index (Phi) is 3.87. The lowest BCUT2D eigenvalue weighted by Gasteiger charge is -2.34. The molecule has 2 aromatic rings. The number of anilines is 1. The minimum atomic E-state index is -0.204. The van der Waals surface area contributed by atoms with Gasteiger partial charge in [0.2, 0.25) is 0 Å². The van der Waals surface area contributed by atoms with Crippen LogP contribution in [0.4, 0.5) is 5.69 Å². The predicted molar refractivity (Wildman–Crippen MR) is 85.2 cm³/mol. The molecule has 1 unspecified atom stereocenters. The lowest BCUT2D eigenvalue weighted by Crippen LogP contribution is -2.46. The van der Waals surface area contributed by atoms with Crippen molar-refractivity contribution in [2.24, 2.45) is 0 Å². The Bertz CT molecular complexity index is 687. The van der Waals surface area contributed by atoms with Crippen LogP contribution in [0.5, 0.6) is 0 Å². The number of ether oxygens (including phenoxy) is 1. The third kappa shape index (κ3) is 2.88. The highest BCUT2D eigenvalue weighted by atomic mass is 16.5. The van der Waals surface area contributed by atoms with E-state index in [4.69, 9.17) is 4.74 Å². The van der Waals surface area contributed by atoms with Crippen LogP contribution in [0.3, 0.4) is 0 Å². The molecule has 1 N–H and O–H groups in total. The number of likely N-dealkylation sites (tertiary alicyclic amines) is 1. The molecule has 0 aliphatic carbocycles. The summed E-state index contributed by atoms with van der Waals surface area (Å²) < 4.78 is 7.27. The Morgan fingerprint density at radius 3 is 2.96 bits per heavy atom. The molecule has 1 amide bonds. The van der Waals surface area contributed by atoms with Gasteiger partial charge in [-0.1, -0.05) is 0 Å². The molecule has 4 rings (SSSR count). The van der Waals surface area contributed by atoms with Crippen molar-refractivity contribution in [3.05, 3.63) is 24.7 Å². The van der Waals surface area contributed by atoms with Crippen LogP contribution in [0.25, 0.3) is 5.65 Å². The molecule has 1 atom stereocenters. The first-order valence-electron chi connectivity index (χ1n) is 8.26. The molecule has 7 heteroatoms. The molecule has 0 spiro atoms. The summed E-state index contributed by atoms with van der Waals surface area (Å²) >= 11 is 0. The van der Waals surface area contributed by atoms with Crippen LogP contribution in [0, 0.1) is 0 Å².